The summed E-state index contributed by atoms with van der Waals surface area (Å²) in [6, 6.07) is 0. The van der Waals surface area contributed by atoms with Gasteiger partial charge in [0, 0.05) is 4.87 Å². The molecule has 13 heteroatoms. The molecule has 0 radical (unpaired) electrons. The molecule has 0 heterocycles. The van der Waals surface area contributed by atoms with Crippen LogP contribution in [0.5, 0.6) is 0 Å². The van der Waals surface area contributed by atoms with Crippen LogP contribution in [0.25, 0.3) is 0 Å². The van der Waals surface area contributed by atoms with Crippen LogP contribution in [-0.4, -0.2) is 18.9 Å². The van der Waals surface area contributed by atoms with E-state index >= 15 is 0 Å². The molecule has 0 amide bonds. The molecular weight excluding hydrogens is 710 g/mol. The van der Waals surface area contributed by atoms with Gasteiger partial charge in [0.2, 0.25) is 0 Å². The molecule has 4 saturated carbocycles. The number of rotatable bonds is 0. The predicted molar refractivity (Wildman–Crippen MR) is 211 cm³/mol. The minimum atomic E-state index is -0.333. The van der Waals surface area contributed by atoms with Crippen LogP contribution < -0.4 is 113 Å². The van der Waals surface area contributed by atoms with E-state index in [2.05, 4.69) is 69.2 Å². The molecule has 0 N–H and O–H groups in total. The van der Waals surface area contributed by atoms with Crippen molar-refractivity contribution in [1.29, 1.82) is 0 Å². The van der Waals surface area contributed by atoms with Gasteiger partial charge in [-0.15, -0.1) is 81.2 Å². The van der Waals surface area contributed by atoms with Gasteiger partial charge in [-0.2, -0.15) is 6.42 Å². The summed E-state index contributed by atoms with van der Waals surface area (Å²) in [5.41, 5.74) is 0.722. The van der Waals surface area contributed by atoms with Gasteiger partial charge in [0.25, 0.3) is 0 Å². The zero-order valence-electron chi connectivity index (χ0n) is 35.8. The first-order chi connectivity index (χ1) is 17.9. The Morgan fingerprint density at radius 3 is 0.542 bits per heavy atom. The van der Waals surface area contributed by atoms with Crippen molar-refractivity contribution < 1.29 is 113 Å². The smallest absolute Gasteiger partial charge is 0.372 e. The molecule has 0 saturated heterocycles. The molecule has 48 heavy (non-hydrogen) atoms. The molecule has 4 rings (SSSR count). The SMILES string of the molecule is CC1(C)CCC1.CC1(Cl)CCC1.CCC.CCC.ClC1(Cl)CCC1.ClC1(Cl)CCC1.ClCCl.[CH2-]CC.[CH2-]C[CH2-].[CH3-].[CH3-].[CH3-].[Li+].[Li+].[Li+].[Li+].[Li+].[Li+]. The summed E-state index contributed by atoms with van der Waals surface area (Å²) in [4.78, 5) is 0.194. The molecule has 4 fully saturated rings. The van der Waals surface area contributed by atoms with Gasteiger partial charge in [0.05, 0.1) is 5.34 Å². The quantitative estimate of drug-likeness (QED) is 0.168. The number of halogens is 7. The van der Waals surface area contributed by atoms with Crippen LogP contribution in [0.3, 0.4) is 0 Å². The monoisotopic (exact) mass is 780 g/mol. The third kappa shape index (κ3) is 93.5. The molecule has 0 nitrogen and oxygen atoms in total. The van der Waals surface area contributed by atoms with Crippen LogP contribution in [0.15, 0.2) is 0 Å². The maximum Gasteiger partial charge on any atom is 1.00 e. The van der Waals surface area contributed by atoms with E-state index in [1.807, 2.05) is 6.92 Å². The number of hydrogen-bond donors (Lipinski definition) is 0. The third-order valence-corrected chi connectivity index (χ3v) is 7.16. The topological polar surface area (TPSA) is 0 Å². The van der Waals surface area contributed by atoms with E-state index in [4.69, 9.17) is 81.2 Å². The Morgan fingerprint density at radius 2 is 0.542 bits per heavy atom. The van der Waals surface area contributed by atoms with E-state index in [9.17, 15) is 0 Å². The van der Waals surface area contributed by atoms with Crippen LogP contribution in [0.1, 0.15) is 158 Å². The fraction of sp³-hybridized carbons (Fsp3) is 0.829. The van der Waals surface area contributed by atoms with E-state index < -0.39 is 0 Å². The summed E-state index contributed by atoms with van der Waals surface area (Å²) in [6.45, 7) is 27.5. The standard InChI is InChI=1S/C6H12.C5H9Cl.2C4H6Cl2.2C3H8.C3H7.C3H6.CH2Cl2.3CH3.6Li/c1-6(2)4-3-5-6;1-5(6)3-2-4-5;2*5-4(6)2-1-3-4;4*1-3-2;2-1-3;;;;;;;;;/h3-5H2,1-2H3;2-4H2,1H3;2*1-3H2;2*3H2,1-2H3;1,3H2,2H3;1-3H2;1H2;3*1H3;;;;;;/q;;;;;;-1;-2;;3*-1;6*+1. The van der Waals surface area contributed by atoms with Crippen molar-refractivity contribution in [1.82, 2.24) is 0 Å². The van der Waals surface area contributed by atoms with Gasteiger partial charge in [-0.1, -0.05) is 67.7 Å². The number of hydrogen-bond acceptors (Lipinski definition) is 0. The molecule has 4 aliphatic rings. The Labute approximate surface area is 414 Å². The first kappa shape index (κ1) is 94.6. The molecule has 0 aromatic rings. The van der Waals surface area contributed by atoms with Gasteiger partial charge >= 0.3 is 113 Å². The molecule has 0 aromatic carbocycles. The first-order valence-corrected chi connectivity index (χ1v) is 17.8. The predicted octanol–water partition coefficient (Wildman–Crippen LogP) is -1.04. The van der Waals surface area contributed by atoms with Crippen molar-refractivity contribution >= 4 is 81.2 Å². The minimum absolute atomic E-state index is 0. The second-order valence-electron chi connectivity index (χ2n) is 11.1. The Balaban J connectivity index is -0.0000000225. The van der Waals surface area contributed by atoms with Crippen LogP contribution in [0.2, 0.25) is 0 Å². The van der Waals surface area contributed by atoms with Gasteiger partial charge in [-0.05, 0) is 83.0 Å². The molecule has 0 unspecified atom stereocenters. The van der Waals surface area contributed by atoms with E-state index in [1.54, 1.807) is 0 Å². The van der Waals surface area contributed by atoms with E-state index in [0.29, 0.717) is 0 Å². The average molecular weight is 784 g/mol. The molecule has 0 atom stereocenters. The summed E-state index contributed by atoms with van der Waals surface area (Å²) >= 11 is 37.6. The Bertz CT molecular complexity index is 369. The van der Waals surface area contributed by atoms with E-state index in [-0.39, 0.29) is 154 Å². The summed E-state index contributed by atoms with van der Waals surface area (Å²) in [6.07, 6.45) is 18.7. The van der Waals surface area contributed by atoms with Crippen molar-refractivity contribution in [2.24, 2.45) is 5.41 Å². The fourth-order valence-electron chi connectivity index (χ4n) is 2.44. The third-order valence-electron chi connectivity index (χ3n) is 5.27. The average Bonchev–Trinajstić information content (AvgIpc) is 2.74. The van der Waals surface area contributed by atoms with E-state index in [1.165, 1.54) is 64.2 Å². The van der Waals surface area contributed by atoms with Gasteiger partial charge in [-0.25, -0.2) is 0 Å². The van der Waals surface area contributed by atoms with Crippen molar-refractivity contribution in [2.45, 2.75) is 172 Å². The molecule has 0 aromatic heterocycles. The van der Waals surface area contributed by atoms with Crippen LogP contribution in [0, 0.1) is 48.5 Å². The van der Waals surface area contributed by atoms with E-state index in [0.717, 1.165) is 43.9 Å². The second-order valence-corrected chi connectivity index (χ2v) is 16.1. The van der Waals surface area contributed by atoms with Gasteiger partial charge in [-0.3, -0.25) is 0 Å². The van der Waals surface area contributed by atoms with Crippen LogP contribution >= 0.6 is 81.2 Å². The Kier molecular flexibility index (Phi) is 127. The second kappa shape index (κ2) is 64.5. The fourth-order valence-corrected chi connectivity index (χ4v) is 3.77. The minimum Gasteiger partial charge on any atom is -0.372 e. The van der Waals surface area contributed by atoms with Crippen molar-refractivity contribution in [3.05, 3.63) is 43.1 Å². The van der Waals surface area contributed by atoms with Gasteiger partial charge in [0.15, 0.2) is 0 Å². The normalized spacial score (nSPS) is 16.4. The largest absolute Gasteiger partial charge is 1.00 e. The van der Waals surface area contributed by atoms with Crippen LogP contribution in [-0.2, 0) is 0 Å². The summed E-state index contributed by atoms with van der Waals surface area (Å²) in [7, 11) is 0. The van der Waals surface area contributed by atoms with Gasteiger partial charge in [0.1, 0.15) is 8.67 Å². The maximum atomic E-state index is 5.80. The maximum absolute atomic E-state index is 5.80. The van der Waals surface area contributed by atoms with Crippen LogP contribution in [0.4, 0.5) is 0 Å². The molecule has 4 aliphatic carbocycles. The van der Waals surface area contributed by atoms with Crippen molar-refractivity contribution in [2.75, 3.05) is 5.34 Å². The summed E-state index contributed by atoms with van der Waals surface area (Å²) < 4.78 is -0.667. The Hall–Kier alpha value is 5.61. The van der Waals surface area contributed by atoms with Crippen molar-refractivity contribution in [3.63, 3.8) is 0 Å². The molecular formula is C35H73Cl7Li6. The molecule has 0 bridgehead atoms. The molecule has 268 valence electrons. The molecule has 0 aliphatic heterocycles. The summed E-state index contributed by atoms with van der Waals surface area (Å²) in [5, 5.41) is 0.194. The zero-order valence-corrected chi connectivity index (χ0v) is 41.1. The van der Waals surface area contributed by atoms with Crippen molar-refractivity contribution in [3.8, 4) is 0 Å². The zero-order chi connectivity index (χ0) is 32.0. The first-order valence-electron chi connectivity index (χ1n) is 14.8. The molecule has 0 spiro atoms. The summed E-state index contributed by atoms with van der Waals surface area (Å²) in [5.74, 6) is 0. The van der Waals surface area contributed by atoms with Gasteiger partial charge < -0.3 is 49.5 Å². The number of alkyl halides is 7. The Morgan fingerprint density at radius 1 is 0.458 bits per heavy atom.